The number of urea groups is 1. The van der Waals surface area contributed by atoms with Crippen LogP contribution in [-0.2, 0) is 10.3 Å². The van der Waals surface area contributed by atoms with E-state index in [1.807, 2.05) is 19.1 Å². The summed E-state index contributed by atoms with van der Waals surface area (Å²) in [5, 5.41) is 15.5. The van der Waals surface area contributed by atoms with Gasteiger partial charge in [-0.2, -0.15) is 0 Å². The van der Waals surface area contributed by atoms with Crippen LogP contribution < -0.4 is 10.6 Å². The number of rotatable bonds is 5. The van der Waals surface area contributed by atoms with E-state index < -0.39 is 5.60 Å². The van der Waals surface area contributed by atoms with Crippen LogP contribution in [0.25, 0.3) is 22.2 Å². The van der Waals surface area contributed by atoms with Crippen LogP contribution in [0.4, 0.5) is 10.7 Å². The van der Waals surface area contributed by atoms with E-state index in [0.29, 0.717) is 24.9 Å². The smallest absolute Gasteiger partial charge is 0.321 e. The molecule has 1 aliphatic rings. The molecule has 1 fully saturated rings. The summed E-state index contributed by atoms with van der Waals surface area (Å²) in [6, 6.07) is 3.68. The highest BCUT2D eigenvalue weighted by atomic mass is 16.5. The summed E-state index contributed by atoms with van der Waals surface area (Å²) in [6.07, 6.45) is 5.26. The average Bonchev–Trinajstić information content (AvgIpc) is 3.36. The van der Waals surface area contributed by atoms with Gasteiger partial charge in [-0.25, -0.2) is 19.7 Å². The molecule has 0 saturated carbocycles. The first-order valence-electron chi connectivity index (χ1n) is 10.1. The van der Waals surface area contributed by atoms with Crippen LogP contribution in [0.15, 0.2) is 24.5 Å². The standard InChI is InChI=1S/C21H26N6O3/c1-4-22-20(28)27-19-25-15-9-12(13-10-23-18(24-11-13)21(2,3)29)8-14(17(15)26-19)16-6-5-7-30-16/h8-11,16,29H,4-7H2,1-3H3,(H3,22,25,26,27,28)/t16-/m1/s1. The molecule has 3 heterocycles. The second-order valence-electron chi connectivity index (χ2n) is 7.89. The number of aromatic amines is 1. The summed E-state index contributed by atoms with van der Waals surface area (Å²) in [4.78, 5) is 28.3. The Morgan fingerprint density at radius 3 is 2.70 bits per heavy atom. The van der Waals surface area contributed by atoms with E-state index in [1.165, 1.54) is 0 Å². The van der Waals surface area contributed by atoms with Gasteiger partial charge in [0.25, 0.3) is 0 Å². The first-order valence-corrected chi connectivity index (χ1v) is 10.1. The summed E-state index contributed by atoms with van der Waals surface area (Å²) in [5.41, 5.74) is 3.14. The highest BCUT2D eigenvalue weighted by molar-refractivity contribution is 5.92. The lowest BCUT2D eigenvalue weighted by Gasteiger charge is -2.16. The van der Waals surface area contributed by atoms with Crippen molar-refractivity contribution >= 4 is 23.0 Å². The molecule has 1 aromatic carbocycles. The second kappa shape index (κ2) is 8.00. The molecule has 1 saturated heterocycles. The van der Waals surface area contributed by atoms with Crippen LogP contribution in [0.2, 0.25) is 0 Å². The molecule has 158 valence electrons. The van der Waals surface area contributed by atoms with Crippen LogP contribution in [0.3, 0.4) is 0 Å². The van der Waals surface area contributed by atoms with E-state index in [0.717, 1.165) is 40.6 Å². The predicted molar refractivity (Wildman–Crippen MR) is 113 cm³/mol. The van der Waals surface area contributed by atoms with Gasteiger partial charge in [0.2, 0.25) is 5.95 Å². The summed E-state index contributed by atoms with van der Waals surface area (Å²) < 4.78 is 5.91. The lowest BCUT2D eigenvalue weighted by atomic mass is 9.99. The first kappa shape index (κ1) is 20.2. The number of amides is 2. The van der Waals surface area contributed by atoms with Crippen LogP contribution in [0.5, 0.6) is 0 Å². The van der Waals surface area contributed by atoms with Crippen molar-refractivity contribution in [2.45, 2.75) is 45.3 Å². The van der Waals surface area contributed by atoms with Gasteiger partial charge in [-0.1, -0.05) is 0 Å². The molecule has 9 nitrogen and oxygen atoms in total. The lowest BCUT2D eigenvalue weighted by molar-refractivity contribution is 0.0687. The van der Waals surface area contributed by atoms with Crippen molar-refractivity contribution < 1.29 is 14.6 Å². The zero-order valence-corrected chi connectivity index (χ0v) is 17.3. The third-order valence-corrected chi connectivity index (χ3v) is 4.99. The van der Waals surface area contributed by atoms with Crippen LogP contribution >= 0.6 is 0 Å². The molecule has 30 heavy (non-hydrogen) atoms. The largest absolute Gasteiger partial charge is 0.382 e. The van der Waals surface area contributed by atoms with Crippen LogP contribution in [0, 0.1) is 0 Å². The molecular weight excluding hydrogens is 384 g/mol. The number of H-pyrrole nitrogens is 1. The summed E-state index contributed by atoms with van der Waals surface area (Å²) in [7, 11) is 0. The molecule has 3 aromatic rings. The maximum atomic E-state index is 11.9. The van der Waals surface area contributed by atoms with Gasteiger partial charge in [-0.3, -0.25) is 5.32 Å². The van der Waals surface area contributed by atoms with E-state index in [4.69, 9.17) is 4.74 Å². The van der Waals surface area contributed by atoms with E-state index in [1.54, 1.807) is 26.2 Å². The van der Waals surface area contributed by atoms with Crippen molar-refractivity contribution in [2.75, 3.05) is 18.5 Å². The molecule has 2 amide bonds. The zero-order chi connectivity index (χ0) is 21.3. The SMILES string of the molecule is CCNC(=O)Nc1nc2c([C@H]3CCCO3)cc(-c3cnc(C(C)(C)O)nc3)cc2[nH]1. The number of ether oxygens (including phenoxy) is 1. The molecule has 0 radical (unpaired) electrons. The zero-order valence-electron chi connectivity index (χ0n) is 17.3. The molecule has 4 N–H and O–H groups in total. The fourth-order valence-corrected chi connectivity index (χ4v) is 3.54. The maximum absolute atomic E-state index is 11.9. The number of carbonyl (C=O) groups is 1. The normalized spacial score (nSPS) is 16.7. The Kier molecular flexibility index (Phi) is 5.40. The molecular formula is C21H26N6O3. The third-order valence-electron chi connectivity index (χ3n) is 4.99. The van der Waals surface area contributed by atoms with Crippen LogP contribution in [-0.4, -0.2) is 44.2 Å². The first-order chi connectivity index (χ1) is 14.3. The van der Waals surface area contributed by atoms with E-state index >= 15 is 0 Å². The molecule has 9 heteroatoms. The Morgan fingerprint density at radius 2 is 2.07 bits per heavy atom. The number of anilines is 1. The Balaban J connectivity index is 1.75. The summed E-state index contributed by atoms with van der Waals surface area (Å²) in [5.74, 6) is 0.739. The van der Waals surface area contributed by atoms with Gasteiger partial charge < -0.3 is 20.1 Å². The number of nitrogens with one attached hydrogen (secondary N) is 3. The third kappa shape index (κ3) is 4.12. The molecule has 0 spiro atoms. The summed E-state index contributed by atoms with van der Waals surface area (Å²) in [6.45, 7) is 6.40. The highest BCUT2D eigenvalue weighted by Gasteiger charge is 2.24. The predicted octanol–water partition coefficient (Wildman–Crippen LogP) is 3.24. The Morgan fingerprint density at radius 1 is 1.30 bits per heavy atom. The molecule has 1 atom stereocenters. The number of aliphatic hydroxyl groups is 1. The van der Waals surface area contributed by atoms with Gasteiger partial charge in [0.05, 0.1) is 17.1 Å². The molecule has 0 bridgehead atoms. The Hall–Kier alpha value is -3.04. The van der Waals surface area contributed by atoms with Crippen molar-refractivity contribution in [1.29, 1.82) is 0 Å². The molecule has 4 rings (SSSR count). The van der Waals surface area contributed by atoms with Crippen molar-refractivity contribution in [3.05, 3.63) is 35.9 Å². The number of carbonyl (C=O) groups excluding carboxylic acids is 1. The number of hydrogen-bond donors (Lipinski definition) is 4. The average molecular weight is 410 g/mol. The highest BCUT2D eigenvalue weighted by Crippen LogP contribution is 2.36. The molecule has 1 aliphatic heterocycles. The molecule has 2 aromatic heterocycles. The number of hydrogen-bond acceptors (Lipinski definition) is 6. The van der Waals surface area contributed by atoms with E-state index in [9.17, 15) is 9.90 Å². The fraction of sp³-hybridized carbons (Fsp3) is 0.429. The number of aromatic nitrogens is 4. The minimum atomic E-state index is -1.10. The number of benzene rings is 1. The topological polar surface area (TPSA) is 125 Å². The Labute approximate surface area is 174 Å². The monoisotopic (exact) mass is 410 g/mol. The minimum absolute atomic E-state index is 0.0513. The maximum Gasteiger partial charge on any atom is 0.321 e. The fourth-order valence-electron chi connectivity index (χ4n) is 3.54. The Bertz CT molecular complexity index is 1050. The van der Waals surface area contributed by atoms with Gasteiger partial charge in [0.1, 0.15) is 5.60 Å². The number of fused-ring (bicyclic) bond motifs is 1. The minimum Gasteiger partial charge on any atom is -0.382 e. The van der Waals surface area contributed by atoms with Gasteiger partial charge in [-0.05, 0) is 51.3 Å². The lowest BCUT2D eigenvalue weighted by Crippen LogP contribution is -2.28. The summed E-state index contributed by atoms with van der Waals surface area (Å²) >= 11 is 0. The van der Waals surface area contributed by atoms with Crippen molar-refractivity contribution in [3.63, 3.8) is 0 Å². The quantitative estimate of drug-likeness (QED) is 0.512. The van der Waals surface area contributed by atoms with Crippen molar-refractivity contribution in [1.82, 2.24) is 25.3 Å². The van der Waals surface area contributed by atoms with Crippen LogP contribution in [0.1, 0.15) is 51.1 Å². The van der Waals surface area contributed by atoms with Gasteiger partial charge in [0, 0.05) is 36.7 Å². The number of nitrogens with zero attached hydrogens (tertiary/aromatic N) is 3. The van der Waals surface area contributed by atoms with Gasteiger partial charge >= 0.3 is 6.03 Å². The van der Waals surface area contributed by atoms with Gasteiger partial charge in [0.15, 0.2) is 5.82 Å². The van der Waals surface area contributed by atoms with E-state index in [2.05, 4.69) is 30.6 Å². The molecule has 0 unspecified atom stereocenters. The number of imidazole rings is 1. The van der Waals surface area contributed by atoms with Crippen molar-refractivity contribution in [3.8, 4) is 11.1 Å². The second-order valence-corrected chi connectivity index (χ2v) is 7.89. The van der Waals surface area contributed by atoms with Crippen molar-refractivity contribution in [2.24, 2.45) is 0 Å². The van der Waals surface area contributed by atoms with E-state index in [-0.39, 0.29) is 12.1 Å². The van der Waals surface area contributed by atoms with Gasteiger partial charge in [-0.15, -0.1) is 0 Å². The molecule has 0 aliphatic carbocycles.